The first-order chi connectivity index (χ1) is 22.8. The fourth-order valence-corrected chi connectivity index (χ4v) is 7.36. The number of thiazole rings is 1. The average molecular weight is 712 g/mol. The number of carbonyl (C=O) groups excluding carboxylic acids is 4. The van der Waals surface area contributed by atoms with Gasteiger partial charge in [-0.3, -0.25) is 25.2 Å². The summed E-state index contributed by atoms with van der Waals surface area (Å²) in [7, 11) is 0. The Kier molecular flexibility index (Phi) is 12.4. The Bertz CT molecular complexity index is 1640. The van der Waals surface area contributed by atoms with Gasteiger partial charge in [0.15, 0.2) is 11.2 Å². The van der Waals surface area contributed by atoms with Gasteiger partial charge in [0.05, 0.1) is 6.04 Å². The van der Waals surface area contributed by atoms with E-state index in [1.807, 2.05) is 67.6 Å². The lowest BCUT2D eigenvalue weighted by Crippen LogP contribution is -2.52. The Morgan fingerprint density at radius 3 is 2.25 bits per heavy atom. The molecule has 0 radical (unpaired) electrons. The topological polar surface area (TPSA) is 151 Å². The van der Waals surface area contributed by atoms with Gasteiger partial charge in [0.2, 0.25) is 6.41 Å². The standard InChI is InChI=1S/C34H38ClN5O6S2/c1-6-13-23-18-47-30(20(2)37-29(42)24(36)25-28(35)48-32(38-25)39-33(44)46-34(3,4)5)40(19-41)26(23)31(43)45-27(21-14-9-7-10-15-21)22-16-11-8-12-17-22/h7-12,14-17,19-20,27,30,36H,6,13,18H2,1-5H3,(H,37,42)(H,38,39,44). The highest BCUT2D eigenvalue weighted by atomic mass is 35.5. The van der Waals surface area contributed by atoms with Gasteiger partial charge >= 0.3 is 12.1 Å². The molecule has 2 heterocycles. The van der Waals surface area contributed by atoms with Crippen LogP contribution in [-0.2, 0) is 23.9 Å². The Balaban J connectivity index is 1.53. The van der Waals surface area contributed by atoms with Crippen molar-refractivity contribution >= 4 is 69.9 Å². The summed E-state index contributed by atoms with van der Waals surface area (Å²) in [4.78, 5) is 57.5. The molecule has 1 aliphatic heterocycles. The van der Waals surface area contributed by atoms with Crippen LogP contribution in [0.2, 0.25) is 4.34 Å². The van der Waals surface area contributed by atoms with Crippen LogP contribution in [0.5, 0.6) is 0 Å². The molecular formula is C34H38ClN5O6S2. The quantitative estimate of drug-likeness (QED) is 0.104. The molecule has 3 aromatic rings. The van der Waals surface area contributed by atoms with Crippen LogP contribution in [0.4, 0.5) is 9.93 Å². The molecule has 11 nitrogen and oxygen atoms in total. The summed E-state index contributed by atoms with van der Waals surface area (Å²) in [6.07, 6.45) is 0.419. The zero-order valence-electron chi connectivity index (χ0n) is 27.2. The average Bonchev–Trinajstić information content (AvgIpc) is 3.41. The zero-order valence-corrected chi connectivity index (χ0v) is 29.6. The van der Waals surface area contributed by atoms with E-state index in [0.29, 0.717) is 18.6 Å². The molecule has 0 aliphatic carbocycles. The number of carbonyl (C=O) groups is 4. The van der Waals surface area contributed by atoms with E-state index in [9.17, 15) is 19.2 Å². The molecule has 0 spiro atoms. The largest absolute Gasteiger partial charge is 0.448 e. The van der Waals surface area contributed by atoms with Crippen LogP contribution >= 0.6 is 34.7 Å². The Labute approximate surface area is 292 Å². The summed E-state index contributed by atoms with van der Waals surface area (Å²) in [6, 6.07) is 18.0. The number of esters is 1. The lowest BCUT2D eigenvalue weighted by Gasteiger charge is -2.38. The summed E-state index contributed by atoms with van der Waals surface area (Å²) in [6.45, 7) is 8.80. The van der Waals surface area contributed by atoms with Gasteiger partial charge < -0.3 is 14.8 Å². The van der Waals surface area contributed by atoms with Crippen LogP contribution in [0.25, 0.3) is 0 Å². The molecule has 0 saturated carbocycles. The minimum absolute atomic E-state index is 0.0268. The van der Waals surface area contributed by atoms with Gasteiger partial charge in [-0.05, 0) is 50.8 Å². The number of amides is 3. The number of halogens is 1. The van der Waals surface area contributed by atoms with Crippen LogP contribution in [0.3, 0.4) is 0 Å². The number of nitrogens with one attached hydrogen (secondary N) is 3. The van der Waals surface area contributed by atoms with E-state index in [-0.39, 0.29) is 20.9 Å². The molecule has 14 heteroatoms. The SMILES string of the molecule is CCCC1=C(C(=O)OC(c2ccccc2)c2ccccc2)N(C=O)C(C(C)NC(=O)C(=N)c2nc(NC(=O)OC(C)(C)C)sc2Cl)SC1. The maximum absolute atomic E-state index is 14.0. The first-order valence-electron chi connectivity index (χ1n) is 15.3. The van der Waals surface area contributed by atoms with Gasteiger partial charge in [-0.25, -0.2) is 14.6 Å². The molecule has 0 saturated heterocycles. The third-order valence-electron chi connectivity index (χ3n) is 7.03. The second-order valence-corrected chi connectivity index (χ2v) is 14.6. The third kappa shape index (κ3) is 9.24. The summed E-state index contributed by atoms with van der Waals surface area (Å²) >= 11 is 8.56. The number of benzene rings is 2. The maximum Gasteiger partial charge on any atom is 0.413 e. The predicted molar refractivity (Wildman–Crippen MR) is 188 cm³/mol. The third-order valence-corrected chi connectivity index (χ3v) is 9.69. The van der Waals surface area contributed by atoms with E-state index in [2.05, 4.69) is 15.6 Å². The minimum Gasteiger partial charge on any atom is -0.448 e. The van der Waals surface area contributed by atoms with E-state index in [4.69, 9.17) is 26.5 Å². The number of anilines is 1. The molecule has 254 valence electrons. The molecule has 4 rings (SSSR count). The van der Waals surface area contributed by atoms with Crippen molar-refractivity contribution in [2.45, 2.75) is 70.6 Å². The van der Waals surface area contributed by atoms with Crippen molar-refractivity contribution in [3.63, 3.8) is 0 Å². The predicted octanol–water partition coefficient (Wildman–Crippen LogP) is 6.93. The minimum atomic E-state index is -0.800. The van der Waals surface area contributed by atoms with E-state index >= 15 is 0 Å². The normalized spacial score (nSPS) is 15.5. The van der Waals surface area contributed by atoms with E-state index in [1.54, 1.807) is 27.7 Å². The van der Waals surface area contributed by atoms with Gasteiger partial charge in [0.1, 0.15) is 32.4 Å². The highest BCUT2D eigenvalue weighted by Gasteiger charge is 2.38. The van der Waals surface area contributed by atoms with E-state index < -0.39 is 46.8 Å². The summed E-state index contributed by atoms with van der Waals surface area (Å²) < 4.78 is 11.4. The van der Waals surface area contributed by atoms with Crippen LogP contribution in [0.15, 0.2) is 71.9 Å². The van der Waals surface area contributed by atoms with Crippen molar-refractivity contribution in [1.82, 2.24) is 15.2 Å². The van der Waals surface area contributed by atoms with Crippen LogP contribution < -0.4 is 10.6 Å². The second kappa shape index (κ2) is 16.3. The molecule has 2 aromatic carbocycles. The van der Waals surface area contributed by atoms with Crippen LogP contribution in [0, 0.1) is 5.41 Å². The Morgan fingerprint density at radius 1 is 1.10 bits per heavy atom. The highest BCUT2D eigenvalue weighted by Crippen LogP contribution is 2.36. The fourth-order valence-electron chi connectivity index (χ4n) is 4.99. The van der Waals surface area contributed by atoms with E-state index in [1.165, 1.54) is 16.7 Å². The van der Waals surface area contributed by atoms with Gasteiger partial charge in [-0.15, -0.1) is 11.8 Å². The Hall–Kier alpha value is -4.20. The molecule has 2 unspecified atom stereocenters. The van der Waals surface area contributed by atoms with Crippen LogP contribution in [-0.4, -0.2) is 62.7 Å². The van der Waals surface area contributed by atoms with Crippen molar-refractivity contribution in [2.24, 2.45) is 0 Å². The second-order valence-electron chi connectivity index (χ2n) is 11.9. The van der Waals surface area contributed by atoms with Crippen molar-refractivity contribution in [2.75, 3.05) is 11.1 Å². The number of ether oxygens (including phenoxy) is 2. The van der Waals surface area contributed by atoms with Crippen molar-refractivity contribution in [3.8, 4) is 0 Å². The molecule has 1 aromatic heterocycles. The van der Waals surface area contributed by atoms with Gasteiger partial charge in [0, 0.05) is 5.75 Å². The lowest BCUT2D eigenvalue weighted by atomic mass is 10.0. The van der Waals surface area contributed by atoms with Gasteiger partial charge in [0.25, 0.3) is 5.91 Å². The summed E-state index contributed by atoms with van der Waals surface area (Å²) in [5.41, 5.74) is 1.07. The number of nitrogens with zero attached hydrogens (tertiary/aromatic N) is 2. The van der Waals surface area contributed by atoms with Crippen molar-refractivity contribution in [1.29, 1.82) is 5.41 Å². The molecule has 0 fully saturated rings. The summed E-state index contributed by atoms with van der Waals surface area (Å²) in [5.74, 6) is -1.02. The molecule has 48 heavy (non-hydrogen) atoms. The zero-order chi connectivity index (χ0) is 35.0. The fraction of sp³-hybridized carbons (Fsp3) is 0.353. The van der Waals surface area contributed by atoms with E-state index in [0.717, 1.165) is 34.5 Å². The molecule has 3 amide bonds. The first-order valence-corrected chi connectivity index (χ1v) is 17.5. The number of hydrogen-bond acceptors (Lipinski definition) is 10. The monoisotopic (exact) mass is 711 g/mol. The molecule has 1 aliphatic rings. The van der Waals surface area contributed by atoms with Gasteiger partial charge in [-0.2, -0.15) is 0 Å². The number of thioether (sulfide) groups is 1. The van der Waals surface area contributed by atoms with Gasteiger partial charge in [-0.1, -0.05) is 96.9 Å². The first kappa shape index (κ1) is 36.6. The molecule has 3 N–H and O–H groups in total. The summed E-state index contributed by atoms with van der Waals surface area (Å²) in [5, 5.41) is 13.1. The highest BCUT2D eigenvalue weighted by molar-refractivity contribution is 8.00. The molecule has 0 bridgehead atoms. The maximum atomic E-state index is 14.0. The number of hydrogen-bond donors (Lipinski definition) is 3. The number of rotatable bonds is 12. The number of aromatic nitrogens is 1. The Morgan fingerprint density at radius 2 is 1.71 bits per heavy atom. The van der Waals surface area contributed by atoms with Crippen molar-refractivity contribution < 1.29 is 28.7 Å². The lowest BCUT2D eigenvalue weighted by molar-refractivity contribution is -0.146. The van der Waals surface area contributed by atoms with Crippen LogP contribution in [0.1, 0.15) is 70.4 Å². The molecule has 2 atom stereocenters. The smallest absolute Gasteiger partial charge is 0.413 e. The molecular weight excluding hydrogens is 674 g/mol. The van der Waals surface area contributed by atoms with Crippen molar-refractivity contribution in [3.05, 3.63) is 93.1 Å².